The van der Waals surface area contributed by atoms with Crippen LogP contribution in [0.1, 0.15) is 22.0 Å². The number of carbonyl (C=O) groups excluding carboxylic acids is 1. The molecular weight excluding hydrogens is 295 g/mol. The Hall–Kier alpha value is -2.40. The first-order valence-corrected chi connectivity index (χ1v) is 7.35. The van der Waals surface area contributed by atoms with Gasteiger partial charge in [-0.2, -0.15) is 0 Å². The van der Waals surface area contributed by atoms with Crippen molar-refractivity contribution in [2.24, 2.45) is 0 Å². The van der Waals surface area contributed by atoms with Gasteiger partial charge in [0.2, 0.25) is 0 Å². The first-order valence-electron chi connectivity index (χ1n) is 7.35. The molecule has 1 N–H and O–H groups in total. The minimum Gasteiger partial charge on any atom is -0.497 e. The lowest BCUT2D eigenvalue weighted by molar-refractivity contribution is 0.0941. The molecular formula is C18H21FN2O2. The van der Waals surface area contributed by atoms with E-state index in [4.69, 9.17) is 4.74 Å². The second-order valence-electron chi connectivity index (χ2n) is 5.47. The molecule has 0 aliphatic rings. The average Bonchev–Trinajstić information content (AvgIpc) is 2.55. The third kappa shape index (κ3) is 4.53. The van der Waals surface area contributed by atoms with Crippen LogP contribution in [0.5, 0.6) is 5.75 Å². The largest absolute Gasteiger partial charge is 0.497 e. The van der Waals surface area contributed by atoms with Crippen LogP contribution in [0.4, 0.5) is 4.39 Å². The fraction of sp³-hybridized carbons (Fsp3) is 0.278. The van der Waals surface area contributed by atoms with Crippen molar-refractivity contribution in [2.75, 3.05) is 27.7 Å². The van der Waals surface area contributed by atoms with Crippen LogP contribution in [0, 0.1) is 5.82 Å². The van der Waals surface area contributed by atoms with Crippen LogP contribution in [0.25, 0.3) is 0 Å². The number of methoxy groups -OCH3 is 1. The van der Waals surface area contributed by atoms with Gasteiger partial charge in [0, 0.05) is 12.1 Å². The summed E-state index contributed by atoms with van der Waals surface area (Å²) in [7, 11) is 5.52. The maximum atomic E-state index is 13.2. The topological polar surface area (TPSA) is 41.6 Å². The molecule has 1 amide bonds. The van der Waals surface area contributed by atoms with Crippen LogP contribution in [-0.2, 0) is 0 Å². The molecule has 0 radical (unpaired) electrons. The molecule has 0 bridgehead atoms. The molecule has 1 atom stereocenters. The highest BCUT2D eigenvalue weighted by atomic mass is 19.1. The summed E-state index contributed by atoms with van der Waals surface area (Å²) in [6, 6.07) is 13.4. The average molecular weight is 316 g/mol. The van der Waals surface area contributed by atoms with Gasteiger partial charge >= 0.3 is 0 Å². The summed E-state index contributed by atoms with van der Waals surface area (Å²) in [6.07, 6.45) is 0. The van der Waals surface area contributed by atoms with Crippen molar-refractivity contribution in [1.82, 2.24) is 10.2 Å². The Bertz CT molecular complexity index is 656. The third-order valence-electron chi connectivity index (χ3n) is 3.67. The summed E-state index contributed by atoms with van der Waals surface area (Å²) in [5.74, 6) is 0.0804. The Morgan fingerprint density at radius 3 is 2.48 bits per heavy atom. The van der Waals surface area contributed by atoms with E-state index in [1.54, 1.807) is 13.2 Å². The molecule has 0 heterocycles. The highest BCUT2D eigenvalue weighted by Gasteiger charge is 2.16. The smallest absolute Gasteiger partial charge is 0.251 e. The normalized spacial score (nSPS) is 12.0. The predicted octanol–water partition coefficient (Wildman–Crippen LogP) is 2.87. The summed E-state index contributed by atoms with van der Waals surface area (Å²) >= 11 is 0. The van der Waals surface area contributed by atoms with Gasteiger partial charge in [-0.05, 0) is 50.0 Å². The lowest BCUT2D eigenvalue weighted by Crippen LogP contribution is -2.34. The molecule has 0 fully saturated rings. The third-order valence-corrected chi connectivity index (χ3v) is 3.67. The number of carbonyl (C=O) groups is 1. The zero-order valence-corrected chi connectivity index (χ0v) is 13.5. The van der Waals surface area contributed by atoms with Gasteiger partial charge < -0.3 is 15.0 Å². The molecule has 1 unspecified atom stereocenters. The van der Waals surface area contributed by atoms with E-state index in [-0.39, 0.29) is 11.9 Å². The molecule has 0 spiro atoms. The number of ether oxygens (including phenoxy) is 1. The number of halogens is 1. The Morgan fingerprint density at radius 1 is 1.22 bits per heavy atom. The maximum absolute atomic E-state index is 13.2. The second kappa shape index (κ2) is 7.74. The van der Waals surface area contributed by atoms with Crippen LogP contribution >= 0.6 is 0 Å². The van der Waals surface area contributed by atoms with Crippen LogP contribution in [0.3, 0.4) is 0 Å². The Labute approximate surface area is 135 Å². The second-order valence-corrected chi connectivity index (χ2v) is 5.47. The zero-order chi connectivity index (χ0) is 16.8. The molecule has 0 saturated heterocycles. The molecule has 2 aromatic carbocycles. The summed E-state index contributed by atoms with van der Waals surface area (Å²) < 4.78 is 18.3. The van der Waals surface area contributed by atoms with E-state index in [0.29, 0.717) is 12.1 Å². The monoisotopic (exact) mass is 316 g/mol. The summed E-state index contributed by atoms with van der Waals surface area (Å²) in [5, 5.41) is 2.86. The first-order chi connectivity index (χ1) is 11.0. The highest BCUT2D eigenvalue weighted by molar-refractivity contribution is 5.94. The molecule has 2 rings (SSSR count). The van der Waals surface area contributed by atoms with Crippen molar-refractivity contribution in [3.8, 4) is 5.75 Å². The number of rotatable bonds is 6. The number of hydrogen-bond donors (Lipinski definition) is 1. The van der Waals surface area contributed by atoms with Gasteiger partial charge in [-0.3, -0.25) is 4.79 Å². The van der Waals surface area contributed by atoms with Crippen molar-refractivity contribution >= 4 is 5.91 Å². The van der Waals surface area contributed by atoms with Crippen LogP contribution in [0.15, 0.2) is 48.5 Å². The molecule has 23 heavy (non-hydrogen) atoms. The van der Waals surface area contributed by atoms with Crippen LogP contribution < -0.4 is 10.1 Å². The lowest BCUT2D eigenvalue weighted by atomic mass is 10.1. The first kappa shape index (κ1) is 17.0. The Kier molecular flexibility index (Phi) is 5.71. The van der Waals surface area contributed by atoms with Crippen molar-refractivity contribution < 1.29 is 13.9 Å². The van der Waals surface area contributed by atoms with Crippen molar-refractivity contribution in [2.45, 2.75) is 6.04 Å². The number of hydrogen-bond acceptors (Lipinski definition) is 3. The maximum Gasteiger partial charge on any atom is 0.251 e. The van der Waals surface area contributed by atoms with Gasteiger partial charge in [0.05, 0.1) is 13.2 Å². The summed E-state index contributed by atoms with van der Waals surface area (Å²) in [6.45, 7) is 0.425. The van der Waals surface area contributed by atoms with Crippen molar-refractivity contribution in [1.29, 1.82) is 0 Å². The van der Waals surface area contributed by atoms with Crippen LogP contribution in [0.2, 0.25) is 0 Å². The van der Waals surface area contributed by atoms with E-state index >= 15 is 0 Å². The molecule has 0 aliphatic carbocycles. The minimum absolute atomic E-state index is 0.0124. The molecule has 122 valence electrons. The molecule has 0 saturated carbocycles. The Balaban J connectivity index is 2.06. The van der Waals surface area contributed by atoms with E-state index in [2.05, 4.69) is 5.32 Å². The predicted molar refractivity (Wildman–Crippen MR) is 88.2 cm³/mol. The van der Waals surface area contributed by atoms with E-state index in [1.807, 2.05) is 43.3 Å². The summed E-state index contributed by atoms with van der Waals surface area (Å²) in [5.41, 5.74) is 1.38. The SMILES string of the molecule is COc1ccc(C(CNC(=O)c2cccc(F)c2)N(C)C)cc1. The van der Waals surface area contributed by atoms with Gasteiger partial charge in [0.25, 0.3) is 5.91 Å². The number of amides is 1. The van der Waals surface area contributed by atoms with Gasteiger partial charge in [0.15, 0.2) is 0 Å². The van der Waals surface area contributed by atoms with Gasteiger partial charge in [-0.15, -0.1) is 0 Å². The van der Waals surface area contributed by atoms with E-state index in [9.17, 15) is 9.18 Å². The molecule has 0 aliphatic heterocycles. The highest BCUT2D eigenvalue weighted by Crippen LogP contribution is 2.20. The number of nitrogens with one attached hydrogen (secondary N) is 1. The Morgan fingerprint density at radius 2 is 1.91 bits per heavy atom. The zero-order valence-electron chi connectivity index (χ0n) is 13.5. The van der Waals surface area contributed by atoms with Gasteiger partial charge in [-0.25, -0.2) is 4.39 Å². The molecule has 0 aromatic heterocycles. The van der Waals surface area contributed by atoms with Crippen molar-refractivity contribution in [3.05, 3.63) is 65.5 Å². The molecule has 4 nitrogen and oxygen atoms in total. The summed E-state index contributed by atoms with van der Waals surface area (Å²) in [4.78, 5) is 14.2. The van der Waals surface area contributed by atoms with E-state index < -0.39 is 5.82 Å². The lowest BCUT2D eigenvalue weighted by Gasteiger charge is -2.25. The van der Waals surface area contributed by atoms with E-state index in [0.717, 1.165) is 11.3 Å². The van der Waals surface area contributed by atoms with E-state index in [1.165, 1.54) is 18.2 Å². The number of benzene rings is 2. The van der Waals surface area contributed by atoms with Gasteiger partial charge in [-0.1, -0.05) is 18.2 Å². The number of likely N-dealkylation sites (N-methyl/N-ethyl adjacent to an activating group) is 1. The minimum atomic E-state index is -0.419. The quantitative estimate of drug-likeness (QED) is 0.891. The van der Waals surface area contributed by atoms with Crippen molar-refractivity contribution in [3.63, 3.8) is 0 Å². The molecule has 2 aromatic rings. The fourth-order valence-electron chi connectivity index (χ4n) is 2.35. The van der Waals surface area contributed by atoms with Crippen LogP contribution in [-0.4, -0.2) is 38.6 Å². The number of nitrogens with zero attached hydrogens (tertiary/aromatic N) is 1. The standard InChI is InChI=1S/C18H21FN2O2/c1-21(2)17(13-7-9-16(23-3)10-8-13)12-20-18(22)14-5-4-6-15(19)11-14/h4-11,17H,12H2,1-3H3,(H,20,22). The van der Waals surface area contributed by atoms with Gasteiger partial charge in [0.1, 0.15) is 11.6 Å². The fourth-order valence-corrected chi connectivity index (χ4v) is 2.35. The molecule has 5 heteroatoms.